The highest BCUT2D eigenvalue weighted by Gasteiger charge is 2.24. The number of hydrogen-bond donors (Lipinski definition) is 0. The van der Waals surface area contributed by atoms with E-state index in [1.165, 1.54) is 75.8 Å². The molecule has 0 aromatic heterocycles. The third-order valence-electron chi connectivity index (χ3n) is 6.89. The lowest BCUT2D eigenvalue weighted by atomic mass is 9.78. The van der Waals surface area contributed by atoms with Gasteiger partial charge in [0.2, 0.25) is 0 Å². The topological polar surface area (TPSA) is 0 Å². The standard InChI is InChI=1S/C27H14/c1-2-17-12-19-10-8-15-6-4-14-5-7-16-9-11-20-13-18(3-1)21(17)27-25(19)23(15)22(14)24(16)26(20)27/h1-12H,13H2. The Labute approximate surface area is 155 Å². The van der Waals surface area contributed by atoms with Crippen LogP contribution in [0.5, 0.6) is 0 Å². The first-order valence-corrected chi connectivity index (χ1v) is 9.67. The third kappa shape index (κ3) is 1.28. The smallest absolute Gasteiger partial charge is 0.000809 e. The normalized spacial score (nSPS) is 13.8. The van der Waals surface area contributed by atoms with Crippen LogP contribution in [0.25, 0.3) is 64.6 Å². The SMILES string of the molecule is c1cc2c3c(c1)cc1ccc4ccc5ccc6ccc(c7c6c5c4c1c37)C2. The molecule has 0 nitrogen and oxygen atoms in total. The average Bonchev–Trinajstić information content (AvgIpc) is 2.72. The Balaban J connectivity index is 1.96. The van der Waals surface area contributed by atoms with Crippen molar-refractivity contribution >= 4 is 64.6 Å². The van der Waals surface area contributed by atoms with E-state index in [1.54, 1.807) is 0 Å². The zero-order valence-corrected chi connectivity index (χ0v) is 14.6. The van der Waals surface area contributed by atoms with Crippen LogP contribution in [0.4, 0.5) is 0 Å². The maximum Gasteiger partial charge on any atom is -0.000809 e. The van der Waals surface area contributed by atoms with Gasteiger partial charge in [0.25, 0.3) is 0 Å². The molecule has 0 spiro atoms. The molecule has 1 aliphatic rings. The van der Waals surface area contributed by atoms with Crippen LogP contribution in [0, 0.1) is 0 Å². The van der Waals surface area contributed by atoms with Gasteiger partial charge < -0.3 is 0 Å². The first-order chi connectivity index (χ1) is 13.4. The van der Waals surface area contributed by atoms with E-state index in [1.807, 2.05) is 0 Å². The lowest BCUT2D eigenvalue weighted by Crippen LogP contribution is -2.01. The summed E-state index contributed by atoms with van der Waals surface area (Å²) in [5, 5.41) is 17.1. The molecular formula is C27H14. The van der Waals surface area contributed by atoms with Gasteiger partial charge in [0.05, 0.1) is 0 Å². The van der Waals surface area contributed by atoms with Crippen LogP contribution in [0.15, 0.2) is 72.8 Å². The first kappa shape index (κ1) is 12.9. The van der Waals surface area contributed by atoms with Crippen LogP contribution in [0.2, 0.25) is 0 Å². The van der Waals surface area contributed by atoms with Crippen LogP contribution >= 0.6 is 0 Å². The molecule has 0 amide bonds. The molecule has 27 heavy (non-hydrogen) atoms. The summed E-state index contributed by atoms with van der Waals surface area (Å²) in [5.74, 6) is 0. The fourth-order valence-corrected chi connectivity index (χ4v) is 5.87. The minimum absolute atomic E-state index is 1.04. The monoisotopic (exact) mass is 338 g/mol. The largest absolute Gasteiger partial charge is 0.0613 e. The van der Waals surface area contributed by atoms with E-state index in [2.05, 4.69) is 72.8 Å². The maximum absolute atomic E-state index is 2.40. The molecule has 7 aromatic rings. The van der Waals surface area contributed by atoms with Crippen LogP contribution < -0.4 is 0 Å². The average molecular weight is 338 g/mol. The molecule has 7 aromatic carbocycles. The van der Waals surface area contributed by atoms with Gasteiger partial charge in [-0.3, -0.25) is 0 Å². The quantitative estimate of drug-likeness (QED) is 0.200. The van der Waals surface area contributed by atoms with Gasteiger partial charge >= 0.3 is 0 Å². The second-order valence-corrected chi connectivity index (χ2v) is 8.13. The number of rotatable bonds is 0. The number of hydrogen-bond acceptors (Lipinski definition) is 0. The van der Waals surface area contributed by atoms with Gasteiger partial charge in [0.1, 0.15) is 0 Å². The second kappa shape index (κ2) is 3.97. The van der Waals surface area contributed by atoms with Gasteiger partial charge in [0, 0.05) is 0 Å². The second-order valence-electron chi connectivity index (χ2n) is 8.13. The molecule has 0 unspecified atom stereocenters. The summed E-state index contributed by atoms with van der Waals surface area (Å²) in [5.41, 5.74) is 2.95. The van der Waals surface area contributed by atoms with Crippen molar-refractivity contribution < 1.29 is 0 Å². The predicted octanol–water partition coefficient (Wildman–Crippen LogP) is 7.39. The van der Waals surface area contributed by atoms with Crippen LogP contribution in [-0.2, 0) is 6.42 Å². The van der Waals surface area contributed by atoms with E-state index in [9.17, 15) is 0 Å². The van der Waals surface area contributed by atoms with Gasteiger partial charge in [-0.25, -0.2) is 0 Å². The molecule has 0 heterocycles. The highest BCUT2D eigenvalue weighted by molar-refractivity contribution is 6.44. The van der Waals surface area contributed by atoms with E-state index >= 15 is 0 Å². The highest BCUT2D eigenvalue weighted by atomic mass is 14.3. The van der Waals surface area contributed by atoms with E-state index < -0.39 is 0 Å². The predicted molar refractivity (Wildman–Crippen MR) is 117 cm³/mol. The van der Waals surface area contributed by atoms with Crippen LogP contribution in [0.1, 0.15) is 11.1 Å². The van der Waals surface area contributed by atoms with E-state index in [4.69, 9.17) is 0 Å². The minimum Gasteiger partial charge on any atom is -0.0613 e. The maximum atomic E-state index is 2.40. The Morgan fingerprint density at radius 3 is 1.63 bits per heavy atom. The number of benzene rings is 7. The highest BCUT2D eigenvalue weighted by Crippen LogP contribution is 2.50. The van der Waals surface area contributed by atoms with E-state index in [0.717, 1.165) is 6.42 Å². The van der Waals surface area contributed by atoms with Gasteiger partial charge in [-0.1, -0.05) is 66.7 Å². The van der Waals surface area contributed by atoms with Crippen molar-refractivity contribution in [3.05, 3.63) is 83.9 Å². The summed E-state index contributed by atoms with van der Waals surface area (Å²) in [7, 11) is 0. The van der Waals surface area contributed by atoms with Gasteiger partial charge in [-0.05, 0) is 88.2 Å². The zero-order chi connectivity index (χ0) is 17.3. The molecule has 0 atom stereocenters. The molecule has 0 aliphatic heterocycles. The summed E-state index contributed by atoms with van der Waals surface area (Å²) in [4.78, 5) is 0. The molecule has 0 heteroatoms. The molecule has 122 valence electrons. The van der Waals surface area contributed by atoms with E-state index in [-0.39, 0.29) is 0 Å². The van der Waals surface area contributed by atoms with Gasteiger partial charge in [0.15, 0.2) is 0 Å². The van der Waals surface area contributed by atoms with Crippen molar-refractivity contribution in [1.82, 2.24) is 0 Å². The molecule has 8 rings (SSSR count). The van der Waals surface area contributed by atoms with Gasteiger partial charge in [-0.2, -0.15) is 0 Å². The van der Waals surface area contributed by atoms with Crippen molar-refractivity contribution in [2.24, 2.45) is 0 Å². The summed E-state index contributed by atoms with van der Waals surface area (Å²) in [6.45, 7) is 0. The fraction of sp³-hybridized carbons (Fsp3) is 0.0370. The van der Waals surface area contributed by atoms with Crippen molar-refractivity contribution in [3.8, 4) is 0 Å². The third-order valence-corrected chi connectivity index (χ3v) is 6.89. The Hall–Kier alpha value is -3.38. The van der Waals surface area contributed by atoms with Crippen molar-refractivity contribution in [1.29, 1.82) is 0 Å². The van der Waals surface area contributed by atoms with Crippen LogP contribution in [0.3, 0.4) is 0 Å². The molecular weight excluding hydrogens is 324 g/mol. The molecule has 1 aliphatic carbocycles. The Morgan fingerprint density at radius 1 is 0.370 bits per heavy atom. The lowest BCUT2D eigenvalue weighted by Gasteiger charge is -2.25. The Bertz CT molecular complexity index is 1730. The van der Waals surface area contributed by atoms with Gasteiger partial charge in [-0.15, -0.1) is 0 Å². The molecule has 0 radical (unpaired) electrons. The van der Waals surface area contributed by atoms with E-state index in [0.29, 0.717) is 0 Å². The molecule has 0 fully saturated rings. The summed E-state index contributed by atoms with van der Waals surface area (Å²) in [6.07, 6.45) is 1.04. The summed E-state index contributed by atoms with van der Waals surface area (Å²) in [6, 6.07) is 27.7. The molecule has 0 N–H and O–H groups in total. The molecule has 0 bridgehead atoms. The van der Waals surface area contributed by atoms with Crippen molar-refractivity contribution in [2.45, 2.75) is 6.42 Å². The van der Waals surface area contributed by atoms with Crippen LogP contribution in [-0.4, -0.2) is 0 Å². The Kier molecular flexibility index (Phi) is 1.89. The Morgan fingerprint density at radius 2 is 0.889 bits per heavy atom. The minimum atomic E-state index is 1.04. The van der Waals surface area contributed by atoms with Crippen molar-refractivity contribution in [2.75, 3.05) is 0 Å². The fourth-order valence-electron chi connectivity index (χ4n) is 5.87. The molecule has 0 saturated heterocycles. The summed E-state index contributed by atoms with van der Waals surface area (Å²) >= 11 is 0. The zero-order valence-electron chi connectivity index (χ0n) is 14.6. The van der Waals surface area contributed by atoms with Crippen molar-refractivity contribution in [3.63, 3.8) is 0 Å². The molecule has 0 saturated carbocycles. The summed E-state index contributed by atoms with van der Waals surface area (Å²) < 4.78 is 0. The lowest BCUT2D eigenvalue weighted by molar-refractivity contribution is 1.24. The first-order valence-electron chi connectivity index (χ1n) is 9.67.